The summed E-state index contributed by atoms with van der Waals surface area (Å²) in [6, 6.07) is 12.0. The summed E-state index contributed by atoms with van der Waals surface area (Å²) in [6.07, 6.45) is 5.42. The Balaban J connectivity index is 1.54. The number of aromatic nitrogens is 3. The van der Waals surface area contributed by atoms with Gasteiger partial charge in [0.2, 0.25) is 11.0 Å². The topological polar surface area (TPSA) is 59.8 Å². The minimum absolute atomic E-state index is 0.0675. The van der Waals surface area contributed by atoms with E-state index in [-0.39, 0.29) is 5.91 Å². The largest absolute Gasteiger partial charge is 0.310 e. The first kappa shape index (κ1) is 17.0. The molecule has 1 fully saturated rings. The number of nitrogens with zero attached hydrogens (tertiary/aromatic N) is 3. The Morgan fingerprint density at radius 3 is 2.81 bits per heavy atom. The fourth-order valence-electron chi connectivity index (χ4n) is 3.51. The predicted octanol–water partition coefficient (Wildman–Crippen LogP) is 4.82. The molecule has 4 rings (SSSR count). The molecule has 1 amide bonds. The molecule has 0 unspecified atom stereocenters. The van der Waals surface area contributed by atoms with Crippen molar-refractivity contribution in [2.24, 2.45) is 5.92 Å². The van der Waals surface area contributed by atoms with Gasteiger partial charge in [-0.2, -0.15) is 9.78 Å². The Kier molecular flexibility index (Phi) is 4.84. The molecule has 2 heterocycles. The summed E-state index contributed by atoms with van der Waals surface area (Å²) in [4.78, 5) is 17.1. The second kappa shape index (κ2) is 7.41. The Labute approximate surface area is 157 Å². The van der Waals surface area contributed by atoms with Gasteiger partial charge in [-0.25, -0.2) is 4.98 Å². The number of hydrogen-bond acceptors (Lipinski definition) is 4. The van der Waals surface area contributed by atoms with Crippen molar-refractivity contribution < 1.29 is 4.79 Å². The van der Waals surface area contributed by atoms with Gasteiger partial charge in [0.05, 0.1) is 11.4 Å². The molecule has 2 aromatic heterocycles. The van der Waals surface area contributed by atoms with E-state index in [2.05, 4.69) is 10.4 Å². The number of anilines is 1. The SMILES string of the molecule is Cc1cc(NC(=O)CC2CCCC2)n(-c2nc(-c3ccccc3)cs2)n1. The molecule has 5 nitrogen and oxygen atoms in total. The molecule has 134 valence electrons. The van der Waals surface area contributed by atoms with Crippen LogP contribution in [0.25, 0.3) is 16.4 Å². The molecule has 1 N–H and O–H groups in total. The van der Waals surface area contributed by atoms with Crippen molar-refractivity contribution in [3.8, 4) is 16.4 Å². The maximum absolute atomic E-state index is 12.4. The summed E-state index contributed by atoms with van der Waals surface area (Å²) in [6.45, 7) is 1.93. The fraction of sp³-hybridized carbons (Fsp3) is 0.350. The summed E-state index contributed by atoms with van der Waals surface area (Å²) in [5.74, 6) is 1.29. The lowest BCUT2D eigenvalue weighted by Crippen LogP contribution is -2.17. The molecular weight excluding hydrogens is 344 g/mol. The van der Waals surface area contributed by atoms with Gasteiger partial charge in [-0.3, -0.25) is 4.79 Å². The van der Waals surface area contributed by atoms with Crippen molar-refractivity contribution in [1.82, 2.24) is 14.8 Å². The highest BCUT2D eigenvalue weighted by Gasteiger charge is 2.20. The van der Waals surface area contributed by atoms with Crippen molar-refractivity contribution in [2.75, 3.05) is 5.32 Å². The van der Waals surface area contributed by atoms with Crippen LogP contribution in [0.15, 0.2) is 41.8 Å². The zero-order valence-corrected chi connectivity index (χ0v) is 15.6. The van der Waals surface area contributed by atoms with Crippen molar-refractivity contribution in [3.63, 3.8) is 0 Å². The lowest BCUT2D eigenvalue weighted by atomic mass is 10.0. The molecule has 0 bridgehead atoms. The summed E-state index contributed by atoms with van der Waals surface area (Å²) in [5, 5.41) is 10.3. The van der Waals surface area contributed by atoms with E-state index in [4.69, 9.17) is 4.98 Å². The molecule has 0 aliphatic heterocycles. The van der Waals surface area contributed by atoms with E-state index in [0.29, 0.717) is 18.2 Å². The molecule has 1 aromatic carbocycles. The van der Waals surface area contributed by atoms with Crippen LogP contribution in [-0.2, 0) is 4.79 Å². The number of carbonyl (C=O) groups is 1. The number of rotatable bonds is 5. The van der Waals surface area contributed by atoms with Crippen molar-refractivity contribution >= 4 is 23.1 Å². The lowest BCUT2D eigenvalue weighted by molar-refractivity contribution is -0.117. The van der Waals surface area contributed by atoms with Crippen LogP contribution in [0.3, 0.4) is 0 Å². The summed E-state index contributed by atoms with van der Waals surface area (Å²) < 4.78 is 1.74. The number of benzene rings is 1. The number of carbonyl (C=O) groups excluding carboxylic acids is 1. The Morgan fingerprint density at radius 1 is 1.27 bits per heavy atom. The normalized spacial score (nSPS) is 14.7. The van der Waals surface area contributed by atoms with Gasteiger partial charge >= 0.3 is 0 Å². The second-order valence-corrected chi connectivity index (χ2v) is 7.70. The maximum atomic E-state index is 12.4. The third-order valence-corrected chi connectivity index (χ3v) is 5.61. The van der Waals surface area contributed by atoms with Gasteiger partial charge in [-0.1, -0.05) is 43.2 Å². The lowest BCUT2D eigenvalue weighted by Gasteiger charge is -2.10. The molecular formula is C20H22N4OS. The summed E-state index contributed by atoms with van der Waals surface area (Å²) in [7, 11) is 0. The Hall–Kier alpha value is -2.47. The van der Waals surface area contributed by atoms with Crippen LogP contribution in [0.1, 0.15) is 37.8 Å². The number of thiazole rings is 1. The van der Waals surface area contributed by atoms with Crippen LogP contribution in [0.5, 0.6) is 0 Å². The molecule has 1 saturated carbocycles. The highest BCUT2D eigenvalue weighted by atomic mass is 32.1. The Bertz CT molecular complexity index is 894. The third kappa shape index (κ3) is 3.70. The van der Waals surface area contributed by atoms with E-state index in [1.54, 1.807) is 4.68 Å². The molecule has 26 heavy (non-hydrogen) atoms. The monoisotopic (exact) mass is 366 g/mol. The summed E-state index contributed by atoms with van der Waals surface area (Å²) in [5.41, 5.74) is 2.85. The van der Waals surface area contributed by atoms with Crippen LogP contribution >= 0.6 is 11.3 Å². The van der Waals surface area contributed by atoms with Gasteiger partial charge in [0.25, 0.3) is 0 Å². The molecule has 0 spiro atoms. The number of aryl methyl sites for hydroxylation is 1. The zero-order valence-electron chi connectivity index (χ0n) is 14.8. The van der Waals surface area contributed by atoms with Crippen LogP contribution < -0.4 is 5.32 Å². The Morgan fingerprint density at radius 2 is 2.04 bits per heavy atom. The van der Waals surface area contributed by atoms with Crippen LogP contribution in [0.4, 0.5) is 5.82 Å². The van der Waals surface area contributed by atoms with Gasteiger partial charge in [0.15, 0.2) is 0 Å². The number of amides is 1. The quantitative estimate of drug-likeness (QED) is 0.704. The molecule has 6 heteroatoms. The van der Waals surface area contributed by atoms with E-state index in [1.165, 1.54) is 37.0 Å². The summed E-state index contributed by atoms with van der Waals surface area (Å²) >= 11 is 1.52. The van der Waals surface area contributed by atoms with E-state index < -0.39 is 0 Å². The van der Waals surface area contributed by atoms with Crippen LogP contribution in [-0.4, -0.2) is 20.7 Å². The second-order valence-electron chi connectivity index (χ2n) is 6.87. The van der Waals surface area contributed by atoms with Gasteiger partial charge in [0, 0.05) is 23.4 Å². The molecule has 1 aliphatic rings. The third-order valence-electron chi connectivity index (χ3n) is 4.79. The van der Waals surface area contributed by atoms with Crippen molar-refractivity contribution in [3.05, 3.63) is 47.5 Å². The molecule has 0 saturated heterocycles. The molecule has 1 aliphatic carbocycles. The van der Waals surface area contributed by atoms with Gasteiger partial charge in [0.1, 0.15) is 5.82 Å². The number of nitrogens with one attached hydrogen (secondary N) is 1. The average Bonchev–Trinajstić information content (AvgIpc) is 3.37. The van der Waals surface area contributed by atoms with Gasteiger partial charge in [-0.15, -0.1) is 11.3 Å². The van der Waals surface area contributed by atoms with Crippen LogP contribution in [0.2, 0.25) is 0 Å². The van der Waals surface area contributed by atoms with E-state index in [9.17, 15) is 4.79 Å². The maximum Gasteiger partial charge on any atom is 0.225 e. The first-order valence-corrected chi connectivity index (χ1v) is 9.95. The standard InChI is InChI=1S/C20H22N4OS/c1-14-11-18(22-19(25)12-15-7-5-6-8-15)24(23-14)20-21-17(13-26-20)16-9-3-2-4-10-16/h2-4,9-11,13,15H,5-8,12H2,1H3,(H,22,25). The smallest absolute Gasteiger partial charge is 0.225 e. The average molecular weight is 366 g/mol. The minimum Gasteiger partial charge on any atom is -0.310 e. The molecule has 3 aromatic rings. The zero-order chi connectivity index (χ0) is 17.9. The first-order valence-electron chi connectivity index (χ1n) is 9.07. The van der Waals surface area contributed by atoms with Crippen LogP contribution in [0, 0.1) is 12.8 Å². The number of hydrogen-bond donors (Lipinski definition) is 1. The van der Waals surface area contributed by atoms with Gasteiger partial charge in [-0.05, 0) is 25.7 Å². The van der Waals surface area contributed by atoms with E-state index in [0.717, 1.165) is 22.1 Å². The molecule has 0 radical (unpaired) electrons. The minimum atomic E-state index is 0.0675. The highest BCUT2D eigenvalue weighted by molar-refractivity contribution is 7.12. The first-order chi connectivity index (χ1) is 12.7. The van der Waals surface area contributed by atoms with E-state index >= 15 is 0 Å². The van der Waals surface area contributed by atoms with Crippen molar-refractivity contribution in [2.45, 2.75) is 39.0 Å². The molecule has 0 atom stereocenters. The van der Waals surface area contributed by atoms with E-state index in [1.807, 2.05) is 48.7 Å². The van der Waals surface area contributed by atoms with Crippen molar-refractivity contribution in [1.29, 1.82) is 0 Å². The predicted molar refractivity (Wildman–Crippen MR) is 105 cm³/mol. The highest BCUT2D eigenvalue weighted by Crippen LogP contribution is 2.29. The fourth-order valence-corrected chi connectivity index (χ4v) is 4.30. The van der Waals surface area contributed by atoms with Gasteiger partial charge < -0.3 is 5.32 Å².